The summed E-state index contributed by atoms with van der Waals surface area (Å²) in [7, 11) is 0. The number of rotatable bonds is 5. The van der Waals surface area contributed by atoms with Crippen LogP contribution in [-0.4, -0.2) is 11.0 Å². The second kappa shape index (κ2) is 8.93. The third-order valence-corrected chi connectivity index (χ3v) is 3.88. The first-order valence-corrected chi connectivity index (χ1v) is 8.09. The number of phenolic OH excluding ortho intramolecular Hbond substituents is 1. The minimum atomic E-state index is -0.489. The minimum absolute atomic E-state index is 0.0222. The van der Waals surface area contributed by atoms with Gasteiger partial charge in [-0.2, -0.15) is 5.26 Å². The molecule has 0 aliphatic carbocycles. The Morgan fingerprint density at radius 2 is 2.00 bits per heavy atom. The van der Waals surface area contributed by atoms with Gasteiger partial charge in [0.05, 0.1) is 5.02 Å². The zero-order valence-electron chi connectivity index (χ0n) is 13.1. The zero-order valence-corrected chi connectivity index (χ0v) is 14.6. The van der Waals surface area contributed by atoms with Crippen molar-refractivity contribution in [2.45, 2.75) is 6.54 Å². The summed E-state index contributed by atoms with van der Waals surface area (Å²) in [5, 5.41) is 22.1. The lowest BCUT2D eigenvalue weighted by Crippen LogP contribution is -2.24. The molecule has 0 aliphatic rings. The third kappa shape index (κ3) is 5.68. The van der Waals surface area contributed by atoms with E-state index < -0.39 is 5.91 Å². The number of hydrogen-bond donors (Lipinski definition) is 2. The number of benzene rings is 2. The predicted octanol–water partition coefficient (Wildman–Crippen LogP) is 3.52. The average molecular weight is 374 g/mol. The molecule has 0 saturated carbocycles. The number of hydrogen-bond acceptors (Lipinski definition) is 3. The molecule has 0 heterocycles. The molecule has 6 heteroatoms. The van der Waals surface area contributed by atoms with Crippen LogP contribution in [0, 0.1) is 22.9 Å². The van der Waals surface area contributed by atoms with Gasteiger partial charge in [0.25, 0.3) is 5.91 Å². The Hall–Kier alpha value is -2.74. The molecule has 0 atom stereocenters. The summed E-state index contributed by atoms with van der Waals surface area (Å²) in [6.45, 7) is 0.202. The molecule has 2 aromatic carbocycles. The van der Waals surface area contributed by atoms with Gasteiger partial charge in [-0.1, -0.05) is 42.0 Å². The van der Waals surface area contributed by atoms with Crippen molar-refractivity contribution in [1.29, 1.82) is 5.26 Å². The van der Waals surface area contributed by atoms with Crippen LogP contribution in [0.3, 0.4) is 0 Å². The maximum absolute atomic E-state index is 12.1. The van der Waals surface area contributed by atoms with Gasteiger partial charge < -0.3 is 10.4 Å². The first-order valence-electron chi connectivity index (χ1n) is 7.30. The molecule has 0 unspecified atom stereocenters. The monoisotopic (exact) mass is 373 g/mol. The Kier molecular flexibility index (Phi) is 6.64. The molecule has 2 N–H and O–H groups in total. The van der Waals surface area contributed by atoms with Crippen molar-refractivity contribution in [1.82, 2.24) is 5.32 Å². The highest BCUT2D eigenvalue weighted by Crippen LogP contribution is 2.18. The fourth-order valence-corrected chi connectivity index (χ4v) is 2.44. The van der Waals surface area contributed by atoms with Crippen molar-refractivity contribution in [2.75, 3.05) is 0 Å². The van der Waals surface area contributed by atoms with E-state index in [1.165, 1.54) is 6.08 Å². The van der Waals surface area contributed by atoms with E-state index in [1.807, 2.05) is 6.07 Å². The lowest BCUT2D eigenvalue weighted by molar-refractivity contribution is -0.288. The Morgan fingerprint density at radius 3 is 2.64 bits per heavy atom. The van der Waals surface area contributed by atoms with E-state index in [0.717, 1.165) is 11.1 Å². The normalized spacial score (nSPS) is 11.3. The first-order chi connectivity index (χ1) is 12.0. The number of phenols is 1. The highest BCUT2D eigenvalue weighted by Gasteiger charge is 2.10. The molecule has 0 aliphatic heterocycles. The Balaban J connectivity index is 2.00. The lowest BCUT2D eigenvalue weighted by Gasteiger charge is -2.05. The molecular formula is C19H15Cl2N2O2+. The van der Waals surface area contributed by atoms with Crippen LogP contribution in [0.15, 0.2) is 60.2 Å². The molecule has 0 fully saturated rings. The maximum atomic E-state index is 12.1. The quantitative estimate of drug-likeness (QED) is 0.478. The molecule has 2 rings (SSSR count). The van der Waals surface area contributed by atoms with E-state index >= 15 is 0 Å². The molecule has 4 nitrogen and oxygen atoms in total. The topological polar surface area (TPSA) is 73.1 Å². The van der Waals surface area contributed by atoms with Gasteiger partial charge in [0.1, 0.15) is 17.4 Å². The van der Waals surface area contributed by atoms with Crippen LogP contribution in [0.1, 0.15) is 11.1 Å². The van der Waals surface area contributed by atoms with E-state index in [-0.39, 0.29) is 17.9 Å². The molecule has 1 amide bonds. The molecule has 126 valence electrons. The molecule has 0 spiro atoms. The number of nitrogens with one attached hydrogen (secondary N) is 1. The Labute approximate surface area is 155 Å². The van der Waals surface area contributed by atoms with Crippen molar-refractivity contribution in [3.8, 4) is 11.8 Å². The molecule has 2 aromatic rings. The molecule has 0 bridgehead atoms. The van der Waals surface area contributed by atoms with E-state index in [2.05, 4.69) is 5.32 Å². The van der Waals surface area contributed by atoms with Crippen molar-refractivity contribution in [3.05, 3.63) is 81.4 Å². The number of nitrogens with zero attached hydrogens (tertiary/aromatic N) is 1. The number of amides is 1. The molecule has 0 radical (unpaired) electrons. The van der Waals surface area contributed by atoms with E-state index in [9.17, 15) is 9.90 Å². The van der Waals surface area contributed by atoms with Crippen LogP contribution in [-0.2, 0) is 11.3 Å². The van der Waals surface area contributed by atoms with E-state index in [4.69, 9.17) is 28.5 Å². The summed E-state index contributed by atoms with van der Waals surface area (Å²) in [5.74, 6) is -0.316. The second-order valence-corrected chi connectivity index (χ2v) is 5.96. The van der Waals surface area contributed by atoms with Crippen LogP contribution in [0.2, 0.25) is 10.0 Å². The number of carbonyl (C=O) groups is 1. The van der Waals surface area contributed by atoms with E-state index in [1.54, 1.807) is 54.6 Å². The van der Waals surface area contributed by atoms with Crippen molar-refractivity contribution < 1.29 is 21.5 Å². The number of halogens is 2. The number of nitriles is 1. The van der Waals surface area contributed by atoms with Crippen LogP contribution in [0.25, 0.3) is 6.08 Å². The largest absolute Gasteiger partial charge is 0.508 e. The van der Waals surface area contributed by atoms with E-state index in [0.29, 0.717) is 10.0 Å². The molecule has 0 aromatic heterocycles. The molecule has 0 saturated heterocycles. The second-order valence-electron chi connectivity index (χ2n) is 5.08. The summed E-state index contributed by atoms with van der Waals surface area (Å²) in [5.41, 5.74) is 1.54. The smallest absolute Gasteiger partial charge is 0.262 e. The fourth-order valence-electron chi connectivity index (χ4n) is 1.95. The van der Waals surface area contributed by atoms with Gasteiger partial charge >= 0.3 is 0 Å². The zero-order chi connectivity index (χ0) is 18.2. The van der Waals surface area contributed by atoms with Gasteiger partial charge in [0.2, 0.25) is 5.02 Å². The van der Waals surface area contributed by atoms with Gasteiger partial charge in [-0.05, 0) is 29.3 Å². The van der Waals surface area contributed by atoms with Crippen LogP contribution >= 0.6 is 11.6 Å². The third-order valence-electron chi connectivity index (χ3n) is 3.27. The fraction of sp³-hybridized carbons (Fsp3) is 0.0526. The number of allylic oxidation sites excluding steroid dienone is 2. The van der Waals surface area contributed by atoms with Crippen LogP contribution in [0.4, 0.5) is 0 Å². The standard InChI is InChI=1S/C19H14Cl2N2O2/c20-16-7-6-15(18(21)10-16)12-23-19(25)14(11-22)3-1-2-13-4-8-17(24)9-5-13/h1-10,20H,12H2,(H-,23,24,25)/p+1. The summed E-state index contributed by atoms with van der Waals surface area (Å²) in [6, 6.07) is 13.5. The van der Waals surface area contributed by atoms with Crippen LogP contribution < -0.4 is 5.32 Å². The highest BCUT2D eigenvalue weighted by molar-refractivity contribution is 6.31. The summed E-state index contributed by atoms with van der Waals surface area (Å²) in [6.07, 6.45) is 4.75. The number of carbonyl (C=O) groups excluding carboxylic acids is 1. The van der Waals surface area contributed by atoms with Gasteiger partial charge in [-0.3, -0.25) is 4.79 Å². The lowest BCUT2D eigenvalue weighted by atomic mass is 10.1. The Morgan fingerprint density at radius 1 is 1.28 bits per heavy atom. The van der Waals surface area contributed by atoms with Gasteiger partial charge in [0, 0.05) is 18.7 Å². The average Bonchev–Trinajstić information content (AvgIpc) is 2.59. The minimum Gasteiger partial charge on any atom is -0.508 e. The van der Waals surface area contributed by atoms with Gasteiger partial charge in [-0.15, -0.1) is 0 Å². The molecular weight excluding hydrogens is 359 g/mol. The Bertz CT molecular complexity index is 866. The number of aromatic hydroxyl groups is 1. The highest BCUT2D eigenvalue weighted by atomic mass is 35.5. The summed E-state index contributed by atoms with van der Waals surface area (Å²) >= 11 is 11.1. The summed E-state index contributed by atoms with van der Waals surface area (Å²) < 4.78 is 0. The SMILES string of the molecule is N#C/C(=C\C=C\c1ccc(O)cc1)C(=O)NCc1ccc([ClH+])cc1Cl. The van der Waals surface area contributed by atoms with Crippen molar-refractivity contribution in [3.63, 3.8) is 0 Å². The van der Waals surface area contributed by atoms with Gasteiger partial charge in [0.15, 0.2) is 11.6 Å². The first kappa shape index (κ1) is 18.6. The van der Waals surface area contributed by atoms with Crippen molar-refractivity contribution in [2.24, 2.45) is 0 Å². The molecule has 25 heavy (non-hydrogen) atoms. The predicted molar refractivity (Wildman–Crippen MR) is 94.7 cm³/mol. The maximum Gasteiger partial charge on any atom is 0.262 e. The van der Waals surface area contributed by atoms with Crippen LogP contribution in [0.5, 0.6) is 5.75 Å². The van der Waals surface area contributed by atoms with Crippen molar-refractivity contribution >= 4 is 23.6 Å². The summed E-state index contributed by atoms with van der Waals surface area (Å²) in [4.78, 5) is 12.1. The van der Waals surface area contributed by atoms with Gasteiger partial charge in [-0.25, -0.2) is 0 Å².